The number of carbonyl (C=O) groups excluding carboxylic acids is 1. The normalized spacial score (nSPS) is 34.4. The molecule has 1 aromatic carbocycles. The molecule has 0 aromatic heterocycles. The van der Waals surface area contributed by atoms with Gasteiger partial charge in [0.1, 0.15) is 0 Å². The lowest BCUT2D eigenvalue weighted by molar-refractivity contribution is -0.146. The van der Waals surface area contributed by atoms with Crippen molar-refractivity contribution in [3.8, 4) is 0 Å². The third-order valence-electron chi connectivity index (χ3n) is 6.41. The lowest BCUT2D eigenvalue weighted by Crippen LogP contribution is -2.52. The summed E-state index contributed by atoms with van der Waals surface area (Å²) < 4.78 is 0. The van der Waals surface area contributed by atoms with Crippen LogP contribution < -0.4 is 5.43 Å². The number of rotatable bonds is 5. The maximum Gasteiger partial charge on any atom is 0.246 e. The minimum absolute atomic E-state index is 0.119. The molecule has 3 nitrogen and oxygen atoms in total. The number of hydrogen-bond donors (Lipinski definition) is 1. The van der Waals surface area contributed by atoms with Crippen molar-refractivity contribution < 1.29 is 4.79 Å². The third-order valence-corrected chi connectivity index (χ3v) is 6.41. The van der Waals surface area contributed by atoms with Gasteiger partial charge in [0.05, 0.1) is 11.1 Å². The van der Waals surface area contributed by atoms with Crippen LogP contribution in [0, 0.1) is 23.2 Å². The first kappa shape index (κ1) is 15.9. The van der Waals surface area contributed by atoms with Gasteiger partial charge in [-0.1, -0.05) is 43.7 Å². The molecule has 0 heterocycles. The van der Waals surface area contributed by atoms with Crippen molar-refractivity contribution in [2.75, 3.05) is 0 Å². The van der Waals surface area contributed by atoms with Gasteiger partial charge in [0, 0.05) is 0 Å². The fourth-order valence-electron chi connectivity index (χ4n) is 5.76. The summed E-state index contributed by atoms with van der Waals surface area (Å²) in [6.07, 6.45) is 9.28. The van der Waals surface area contributed by atoms with E-state index in [0.29, 0.717) is 0 Å². The average Bonchev–Trinajstić information content (AvgIpc) is 2.58. The molecule has 5 rings (SSSR count). The molecule has 0 aliphatic heterocycles. The summed E-state index contributed by atoms with van der Waals surface area (Å²) in [6.45, 7) is 2.15. The Labute approximate surface area is 144 Å². The first-order chi connectivity index (χ1) is 11.7. The van der Waals surface area contributed by atoms with Gasteiger partial charge in [-0.15, -0.1) is 0 Å². The minimum Gasteiger partial charge on any atom is -0.273 e. The molecule has 24 heavy (non-hydrogen) atoms. The van der Waals surface area contributed by atoms with Crippen molar-refractivity contribution in [1.82, 2.24) is 5.43 Å². The SMILES string of the molecule is CCC/C(=N\NC(=O)C12CC3CC(CC(C3)C1)C2)c1ccccc1. The van der Waals surface area contributed by atoms with Crippen molar-refractivity contribution in [2.45, 2.75) is 58.3 Å². The molecule has 1 aromatic rings. The lowest BCUT2D eigenvalue weighted by Gasteiger charge is -2.55. The van der Waals surface area contributed by atoms with Gasteiger partial charge in [-0.2, -0.15) is 5.10 Å². The highest BCUT2D eigenvalue weighted by molar-refractivity contribution is 6.01. The predicted octanol–water partition coefficient (Wildman–Crippen LogP) is 4.52. The average molecular weight is 324 g/mol. The van der Waals surface area contributed by atoms with Gasteiger partial charge in [0.15, 0.2) is 0 Å². The quantitative estimate of drug-likeness (QED) is 0.628. The zero-order chi connectivity index (χ0) is 16.6. The molecule has 1 N–H and O–H groups in total. The Hall–Kier alpha value is -1.64. The molecule has 0 unspecified atom stereocenters. The van der Waals surface area contributed by atoms with Gasteiger partial charge >= 0.3 is 0 Å². The Morgan fingerprint density at radius 1 is 1.08 bits per heavy atom. The van der Waals surface area contributed by atoms with E-state index >= 15 is 0 Å². The second-order valence-corrected chi connectivity index (χ2v) is 8.31. The Balaban J connectivity index is 1.51. The maximum atomic E-state index is 13.0. The molecule has 4 saturated carbocycles. The molecule has 128 valence electrons. The van der Waals surface area contributed by atoms with Crippen LogP contribution in [0.5, 0.6) is 0 Å². The van der Waals surface area contributed by atoms with Crippen LogP contribution in [0.15, 0.2) is 35.4 Å². The fourth-order valence-corrected chi connectivity index (χ4v) is 5.76. The Morgan fingerprint density at radius 2 is 1.67 bits per heavy atom. The molecular weight excluding hydrogens is 296 g/mol. The predicted molar refractivity (Wildman–Crippen MR) is 96.6 cm³/mol. The van der Waals surface area contributed by atoms with Gasteiger partial charge in [0.2, 0.25) is 5.91 Å². The van der Waals surface area contributed by atoms with E-state index in [1.165, 1.54) is 19.3 Å². The van der Waals surface area contributed by atoms with Gasteiger partial charge in [-0.3, -0.25) is 4.79 Å². The fraction of sp³-hybridized carbons (Fsp3) is 0.619. The number of amides is 1. The van der Waals surface area contributed by atoms with Gasteiger partial charge in [0.25, 0.3) is 0 Å². The van der Waals surface area contributed by atoms with Crippen molar-refractivity contribution in [3.63, 3.8) is 0 Å². The Kier molecular flexibility index (Phi) is 4.19. The summed E-state index contributed by atoms with van der Waals surface area (Å²) in [4.78, 5) is 13.0. The van der Waals surface area contributed by atoms with Crippen LogP contribution in [0.3, 0.4) is 0 Å². The Bertz CT molecular complexity index is 599. The van der Waals surface area contributed by atoms with Gasteiger partial charge in [-0.05, 0) is 68.3 Å². The molecule has 0 atom stereocenters. The zero-order valence-corrected chi connectivity index (χ0v) is 14.6. The van der Waals surface area contributed by atoms with Crippen LogP contribution in [-0.4, -0.2) is 11.6 Å². The summed E-state index contributed by atoms with van der Waals surface area (Å²) in [5.74, 6) is 2.55. The van der Waals surface area contributed by atoms with E-state index in [9.17, 15) is 4.79 Å². The highest BCUT2D eigenvalue weighted by Gasteiger charge is 2.54. The standard InChI is InChI=1S/C21H28N2O/c1-2-6-19(18-7-4-3-5-8-18)22-23-20(24)21-12-15-9-16(13-21)11-17(10-15)14-21/h3-5,7-8,15-17H,2,6,9-14H2,1H3,(H,23,24)/b22-19+. The van der Waals surface area contributed by atoms with E-state index < -0.39 is 0 Å². The lowest BCUT2D eigenvalue weighted by atomic mass is 9.49. The number of nitrogens with zero attached hydrogens (tertiary/aromatic N) is 1. The highest BCUT2D eigenvalue weighted by Crippen LogP contribution is 2.60. The van der Waals surface area contributed by atoms with Crippen molar-refractivity contribution in [2.24, 2.45) is 28.3 Å². The first-order valence-corrected chi connectivity index (χ1v) is 9.61. The van der Waals surface area contributed by atoms with Crippen LogP contribution in [0.1, 0.15) is 63.9 Å². The monoisotopic (exact) mass is 324 g/mol. The van der Waals surface area contributed by atoms with Crippen LogP contribution in [0.25, 0.3) is 0 Å². The van der Waals surface area contributed by atoms with Crippen molar-refractivity contribution in [1.29, 1.82) is 0 Å². The van der Waals surface area contributed by atoms with E-state index in [4.69, 9.17) is 0 Å². The smallest absolute Gasteiger partial charge is 0.246 e. The first-order valence-electron chi connectivity index (χ1n) is 9.61. The maximum absolute atomic E-state index is 13.0. The number of benzene rings is 1. The number of carbonyl (C=O) groups is 1. The van der Waals surface area contributed by atoms with Crippen LogP contribution in [0.2, 0.25) is 0 Å². The van der Waals surface area contributed by atoms with E-state index in [2.05, 4.69) is 29.6 Å². The van der Waals surface area contributed by atoms with Crippen LogP contribution >= 0.6 is 0 Å². The molecule has 0 spiro atoms. The molecule has 4 aliphatic rings. The molecule has 3 heteroatoms. The van der Waals surface area contributed by atoms with E-state index in [0.717, 1.165) is 61.1 Å². The highest BCUT2D eigenvalue weighted by atomic mass is 16.2. The largest absolute Gasteiger partial charge is 0.273 e. The van der Waals surface area contributed by atoms with E-state index in [1.54, 1.807) is 0 Å². The topological polar surface area (TPSA) is 41.5 Å². The second-order valence-electron chi connectivity index (χ2n) is 8.31. The summed E-state index contributed by atoms with van der Waals surface area (Å²) in [6, 6.07) is 10.2. The molecule has 0 saturated heterocycles. The molecular formula is C21H28N2O. The molecule has 0 radical (unpaired) electrons. The minimum atomic E-state index is -0.119. The van der Waals surface area contributed by atoms with Crippen molar-refractivity contribution >= 4 is 11.6 Å². The van der Waals surface area contributed by atoms with Gasteiger partial charge < -0.3 is 0 Å². The number of nitrogens with one attached hydrogen (secondary N) is 1. The number of hydrazone groups is 1. The molecule has 4 bridgehead atoms. The zero-order valence-electron chi connectivity index (χ0n) is 14.6. The second kappa shape index (κ2) is 6.34. The summed E-state index contributed by atoms with van der Waals surface area (Å²) in [7, 11) is 0. The molecule has 4 aliphatic carbocycles. The molecule has 4 fully saturated rings. The summed E-state index contributed by atoms with van der Waals surface area (Å²) in [5, 5.41) is 4.56. The van der Waals surface area contributed by atoms with Crippen LogP contribution in [0.4, 0.5) is 0 Å². The van der Waals surface area contributed by atoms with Gasteiger partial charge in [-0.25, -0.2) is 5.43 Å². The third kappa shape index (κ3) is 2.89. The van der Waals surface area contributed by atoms with Crippen molar-refractivity contribution in [3.05, 3.63) is 35.9 Å². The van der Waals surface area contributed by atoms with E-state index in [1.807, 2.05) is 18.2 Å². The van der Waals surface area contributed by atoms with E-state index in [-0.39, 0.29) is 11.3 Å². The molecule has 1 amide bonds. The number of hydrogen-bond acceptors (Lipinski definition) is 2. The Morgan fingerprint density at radius 3 is 2.21 bits per heavy atom. The summed E-state index contributed by atoms with van der Waals surface area (Å²) in [5.41, 5.74) is 4.97. The van der Waals surface area contributed by atoms with Crippen LogP contribution in [-0.2, 0) is 4.79 Å². The summed E-state index contributed by atoms with van der Waals surface area (Å²) >= 11 is 0.